The second kappa shape index (κ2) is 4.07. The van der Waals surface area contributed by atoms with Gasteiger partial charge in [0.2, 0.25) is 0 Å². The van der Waals surface area contributed by atoms with Crippen molar-refractivity contribution >= 4 is 5.97 Å². The molecule has 0 aromatic carbocycles. The van der Waals surface area contributed by atoms with Gasteiger partial charge in [-0.3, -0.25) is 4.79 Å². The largest absolute Gasteiger partial charge is 0.481 e. The number of piperidine rings is 1. The van der Waals surface area contributed by atoms with E-state index in [0.29, 0.717) is 32.4 Å². The van der Waals surface area contributed by atoms with Crippen molar-refractivity contribution in [1.82, 2.24) is 5.32 Å². The molecular formula is C9H17NO3. The molecule has 4 heteroatoms. The lowest BCUT2D eigenvalue weighted by molar-refractivity contribution is -0.154. The lowest BCUT2D eigenvalue weighted by Gasteiger charge is -2.36. The van der Waals surface area contributed by atoms with E-state index in [-0.39, 0.29) is 0 Å². The number of hydrogen-bond donors (Lipinski definition) is 3. The van der Waals surface area contributed by atoms with Crippen LogP contribution in [-0.4, -0.2) is 34.9 Å². The molecule has 1 unspecified atom stereocenters. The Balaban J connectivity index is 2.68. The van der Waals surface area contributed by atoms with Gasteiger partial charge in [-0.15, -0.1) is 0 Å². The molecule has 1 rings (SSSR count). The van der Waals surface area contributed by atoms with Crippen LogP contribution in [0.4, 0.5) is 0 Å². The van der Waals surface area contributed by atoms with Crippen LogP contribution in [0.15, 0.2) is 0 Å². The lowest BCUT2D eigenvalue weighted by atomic mass is 9.78. The van der Waals surface area contributed by atoms with Crippen LogP contribution >= 0.6 is 0 Å². The van der Waals surface area contributed by atoms with Gasteiger partial charge in [-0.2, -0.15) is 0 Å². The fourth-order valence-corrected chi connectivity index (χ4v) is 1.99. The van der Waals surface area contributed by atoms with Gasteiger partial charge in [-0.1, -0.05) is 6.92 Å². The van der Waals surface area contributed by atoms with E-state index in [1.54, 1.807) is 6.92 Å². The predicted molar refractivity (Wildman–Crippen MR) is 48.5 cm³/mol. The topological polar surface area (TPSA) is 69.6 Å². The smallest absolute Gasteiger partial charge is 0.309 e. The zero-order valence-corrected chi connectivity index (χ0v) is 7.92. The molecule has 0 bridgehead atoms. The van der Waals surface area contributed by atoms with E-state index in [9.17, 15) is 9.90 Å². The Morgan fingerprint density at radius 1 is 1.54 bits per heavy atom. The average Bonchev–Trinajstić information content (AvgIpc) is 2.05. The fraction of sp³-hybridized carbons (Fsp3) is 0.889. The molecule has 0 spiro atoms. The summed E-state index contributed by atoms with van der Waals surface area (Å²) in [6, 6.07) is 0. The van der Waals surface area contributed by atoms with Crippen molar-refractivity contribution in [3.8, 4) is 0 Å². The number of nitrogens with one attached hydrogen (secondary N) is 1. The Labute approximate surface area is 78.0 Å². The highest BCUT2D eigenvalue weighted by atomic mass is 16.4. The molecule has 0 aromatic rings. The minimum Gasteiger partial charge on any atom is -0.481 e. The molecule has 0 radical (unpaired) electrons. The predicted octanol–water partition coefficient (Wildman–Crippen LogP) is 0.212. The molecule has 0 amide bonds. The Bertz CT molecular complexity index is 187. The Morgan fingerprint density at radius 3 is 2.46 bits per heavy atom. The van der Waals surface area contributed by atoms with E-state index in [1.165, 1.54) is 0 Å². The first-order valence-electron chi connectivity index (χ1n) is 4.76. The third-order valence-electron chi connectivity index (χ3n) is 2.82. The number of carbonyl (C=O) groups is 1. The summed E-state index contributed by atoms with van der Waals surface area (Å²) >= 11 is 0. The molecule has 1 aliphatic rings. The second-order valence-electron chi connectivity index (χ2n) is 3.65. The molecule has 1 atom stereocenters. The number of carboxylic acid groups (broad SMARTS) is 1. The quantitative estimate of drug-likeness (QED) is 0.591. The molecule has 1 saturated heterocycles. The molecule has 0 aromatic heterocycles. The molecule has 4 nitrogen and oxygen atoms in total. The van der Waals surface area contributed by atoms with Crippen molar-refractivity contribution in [1.29, 1.82) is 0 Å². The molecule has 1 fully saturated rings. The van der Waals surface area contributed by atoms with Gasteiger partial charge in [0.25, 0.3) is 0 Å². The highest BCUT2D eigenvalue weighted by Gasteiger charge is 2.40. The zero-order valence-electron chi connectivity index (χ0n) is 7.92. The summed E-state index contributed by atoms with van der Waals surface area (Å²) in [4.78, 5) is 10.9. The van der Waals surface area contributed by atoms with Crippen LogP contribution < -0.4 is 5.32 Å². The third-order valence-corrected chi connectivity index (χ3v) is 2.82. The van der Waals surface area contributed by atoms with Gasteiger partial charge in [-0.25, -0.2) is 0 Å². The molecule has 0 aliphatic carbocycles. The summed E-state index contributed by atoms with van der Waals surface area (Å²) in [7, 11) is 0. The van der Waals surface area contributed by atoms with Gasteiger partial charge in [-0.05, 0) is 32.4 Å². The number of carboxylic acids is 1. The summed E-state index contributed by atoms with van der Waals surface area (Å²) in [6.45, 7) is 3.22. The highest BCUT2D eigenvalue weighted by molar-refractivity contribution is 5.71. The van der Waals surface area contributed by atoms with Gasteiger partial charge < -0.3 is 15.5 Å². The Morgan fingerprint density at radius 2 is 2.08 bits per heavy atom. The van der Waals surface area contributed by atoms with Crippen LogP contribution in [0.3, 0.4) is 0 Å². The molecular weight excluding hydrogens is 170 g/mol. The maximum Gasteiger partial charge on any atom is 0.309 e. The van der Waals surface area contributed by atoms with Gasteiger partial charge in [0.1, 0.15) is 0 Å². The monoisotopic (exact) mass is 187 g/mol. The van der Waals surface area contributed by atoms with Crippen molar-refractivity contribution in [2.24, 2.45) is 5.92 Å². The molecule has 0 saturated carbocycles. The highest BCUT2D eigenvalue weighted by Crippen LogP contribution is 2.29. The molecule has 1 aliphatic heterocycles. The molecule has 76 valence electrons. The fourth-order valence-electron chi connectivity index (χ4n) is 1.99. The van der Waals surface area contributed by atoms with Crippen LogP contribution in [0.25, 0.3) is 0 Å². The molecule has 3 N–H and O–H groups in total. The maximum atomic E-state index is 10.9. The van der Waals surface area contributed by atoms with Crippen LogP contribution in [0.2, 0.25) is 0 Å². The minimum absolute atomic E-state index is 0.492. The van der Waals surface area contributed by atoms with Gasteiger partial charge in [0, 0.05) is 0 Å². The number of rotatable bonds is 3. The van der Waals surface area contributed by atoms with Gasteiger partial charge in [0.15, 0.2) is 0 Å². The summed E-state index contributed by atoms with van der Waals surface area (Å²) in [5, 5.41) is 22.1. The van der Waals surface area contributed by atoms with Gasteiger partial charge in [0.05, 0.1) is 11.5 Å². The first-order chi connectivity index (χ1) is 6.10. The van der Waals surface area contributed by atoms with E-state index in [2.05, 4.69) is 5.32 Å². The number of aliphatic hydroxyl groups is 1. The Kier molecular flexibility index (Phi) is 3.27. The minimum atomic E-state index is -0.994. The first kappa shape index (κ1) is 10.5. The van der Waals surface area contributed by atoms with Crippen molar-refractivity contribution < 1.29 is 15.0 Å². The SMILES string of the molecule is CCC(C(=O)O)C1(O)CCNCC1. The summed E-state index contributed by atoms with van der Waals surface area (Å²) in [6.07, 6.45) is 1.57. The second-order valence-corrected chi connectivity index (χ2v) is 3.65. The van der Waals surface area contributed by atoms with Crippen molar-refractivity contribution in [2.45, 2.75) is 31.8 Å². The van der Waals surface area contributed by atoms with E-state index in [4.69, 9.17) is 5.11 Å². The van der Waals surface area contributed by atoms with Crippen LogP contribution in [-0.2, 0) is 4.79 Å². The maximum absolute atomic E-state index is 10.9. The normalized spacial score (nSPS) is 23.8. The Hall–Kier alpha value is -0.610. The summed E-state index contributed by atoms with van der Waals surface area (Å²) < 4.78 is 0. The van der Waals surface area contributed by atoms with Crippen molar-refractivity contribution in [3.63, 3.8) is 0 Å². The van der Waals surface area contributed by atoms with E-state index < -0.39 is 17.5 Å². The average molecular weight is 187 g/mol. The summed E-state index contributed by atoms with van der Waals surface area (Å²) in [5.41, 5.74) is -0.994. The third kappa shape index (κ3) is 2.19. The van der Waals surface area contributed by atoms with E-state index in [0.717, 1.165) is 0 Å². The van der Waals surface area contributed by atoms with Crippen molar-refractivity contribution in [3.05, 3.63) is 0 Å². The van der Waals surface area contributed by atoms with Gasteiger partial charge >= 0.3 is 5.97 Å². The van der Waals surface area contributed by atoms with Crippen molar-refractivity contribution in [2.75, 3.05) is 13.1 Å². The summed E-state index contributed by atoms with van der Waals surface area (Å²) in [5.74, 6) is -1.50. The van der Waals surface area contributed by atoms with Crippen LogP contribution in [0.1, 0.15) is 26.2 Å². The zero-order chi connectivity index (χ0) is 9.90. The number of aliphatic carboxylic acids is 1. The standard InChI is InChI=1S/C9H17NO3/c1-2-7(8(11)12)9(13)3-5-10-6-4-9/h7,10,13H,2-6H2,1H3,(H,11,12). The van der Waals surface area contributed by atoms with E-state index >= 15 is 0 Å². The van der Waals surface area contributed by atoms with Crippen LogP contribution in [0.5, 0.6) is 0 Å². The van der Waals surface area contributed by atoms with Crippen LogP contribution in [0, 0.1) is 5.92 Å². The lowest BCUT2D eigenvalue weighted by Crippen LogP contribution is -2.49. The first-order valence-corrected chi connectivity index (χ1v) is 4.76. The number of hydrogen-bond acceptors (Lipinski definition) is 3. The molecule has 1 heterocycles. The van der Waals surface area contributed by atoms with E-state index in [1.807, 2.05) is 0 Å². The molecule has 13 heavy (non-hydrogen) atoms.